The Kier molecular flexibility index (Phi) is 7.87. The van der Waals surface area contributed by atoms with E-state index in [1.54, 1.807) is 0 Å². The van der Waals surface area contributed by atoms with Crippen LogP contribution in [0, 0.1) is 0 Å². The maximum Gasteiger partial charge on any atom is 0.234 e. The molecule has 3 N–H and O–H groups in total. The molecule has 1 aromatic carbocycles. The molecule has 112 valence electrons. The molecule has 1 rings (SSSR count). The molecule has 0 aromatic heterocycles. The first-order valence-electron chi connectivity index (χ1n) is 6.87. The predicted molar refractivity (Wildman–Crippen MR) is 78.3 cm³/mol. The molecule has 1 unspecified atom stereocenters. The van der Waals surface area contributed by atoms with Crippen molar-refractivity contribution in [3.05, 3.63) is 35.9 Å². The topological polar surface area (TPSA) is 70.6 Å². The van der Waals surface area contributed by atoms with Crippen molar-refractivity contribution in [3.8, 4) is 0 Å². The zero-order valence-corrected chi connectivity index (χ0v) is 12.1. The van der Waals surface area contributed by atoms with Gasteiger partial charge in [0, 0.05) is 12.6 Å². The highest BCUT2D eigenvalue weighted by atomic mass is 16.5. The number of benzene rings is 1. The molecule has 0 saturated heterocycles. The lowest BCUT2D eigenvalue weighted by molar-refractivity contribution is -0.120. The van der Waals surface area contributed by atoms with Gasteiger partial charge < -0.3 is 20.5 Å². The minimum absolute atomic E-state index is 0.0718. The first-order chi connectivity index (χ1) is 9.58. The van der Waals surface area contributed by atoms with Crippen LogP contribution in [0.1, 0.15) is 19.4 Å². The number of amides is 1. The van der Waals surface area contributed by atoms with Gasteiger partial charge in [0.05, 0.1) is 25.9 Å². The highest BCUT2D eigenvalue weighted by Crippen LogP contribution is 2.00. The van der Waals surface area contributed by atoms with Crippen LogP contribution in [0.5, 0.6) is 0 Å². The van der Waals surface area contributed by atoms with Crippen molar-refractivity contribution in [2.45, 2.75) is 32.6 Å². The Bertz CT molecular complexity index is 382. The van der Waals surface area contributed by atoms with Crippen LogP contribution in [-0.4, -0.2) is 42.9 Å². The van der Waals surface area contributed by atoms with E-state index in [1.165, 1.54) is 0 Å². The summed E-state index contributed by atoms with van der Waals surface area (Å²) in [6.45, 7) is 5.07. The maximum absolute atomic E-state index is 11.3. The van der Waals surface area contributed by atoms with Crippen LogP contribution in [0.15, 0.2) is 30.3 Å². The minimum atomic E-state index is -0.620. The van der Waals surface area contributed by atoms with E-state index in [1.807, 2.05) is 44.2 Å². The predicted octanol–water partition coefficient (Wildman–Crippen LogP) is 0.678. The quantitative estimate of drug-likeness (QED) is 0.622. The Balaban J connectivity index is 2.06. The van der Waals surface area contributed by atoms with E-state index >= 15 is 0 Å². The van der Waals surface area contributed by atoms with Crippen LogP contribution >= 0.6 is 0 Å². The van der Waals surface area contributed by atoms with Crippen molar-refractivity contribution in [2.24, 2.45) is 0 Å². The standard InChI is InChI=1S/C15H24N2O3/c1-12(2)17-15(19)9-16-8-14(18)11-20-10-13-6-4-3-5-7-13/h3-7,12,14,16,18H,8-11H2,1-2H3,(H,17,19). The lowest BCUT2D eigenvalue weighted by Crippen LogP contribution is -2.40. The summed E-state index contributed by atoms with van der Waals surface area (Å²) in [5.74, 6) is -0.0718. The Morgan fingerprint density at radius 1 is 1.30 bits per heavy atom. The van der Waals surface area contributed by atoms with Gasteiger partial charge in [-0.15, -0.1) is 0 Å². The van der Waals surface area contributed by atoms with Gasteiger partial charge in [0.25, 0.3) is 0 Å². The van der Waals surface area contributed by atoms with Gasteiger partial charge in [0.2, 0.25) is 5.91 Å². The van der Waals surface area contributed by atoms with Crippen LogP contribution in [0.4, 0.5) is 0 Å². The number of carbonyl (C=O) groups excluding carboxylic acids is 1. The lowest BCUT2D eigenvalue weighted by Gasteiger charge is -2.13. The zero-order valence-electron chi connectivity index (χ0n) is 12.1. The monoisotopic (exact) mass is 280 g/mol. The van der Waals surface area contributed by atoms with Crippen molar-refractivity contribution < 1.29 is 14.6 Å². The lowest BCUT2D eigenvalue weighted by atomic mass is 10.2. The zero-order chi connectivity index (χ0) is 14.8. The summed E-state index contributed by atoms with van der Waals surface area (Å²) in [5, 5.41) is 15.4. The number of carbonyl (C=O) groups is 1. The summed E-state index contributed by atoms with van der Waals surface area (Å²) >= 11 is 0. The largest absolute Gasteiger partial charge is 0.389 e. The fourth-order valence-electron chi connectivity index (χ4n) is 1.67. The van der Waals surface area contributed by atoms with Gasteiger partial charge in [-0.05, 0) is 19.4 Å². The minimum Gasteiger partial charge on any atom is -0.389 e. The smallest absolute Gasteiger partial charge is 0.234 e. The van der Waals surface area contributed by atoms with E-state index in [-0.39, 0.29) is 25.1 Å². The average Bonchev–Trinajstić information content (AvgIpc) is 2.39. The molecular weight excluding hydrogens is 256 g/mol. The van der Waals surface area contributed by atoms with Gasteiger partial charge in [0.1, 0.15) is 0 Å². The van der Waals surface area contributed by atoms with Crippen molar-refractivity contribution in [3.63, 3.8) is 0 Å². The third-order valence-corrected chi connectivity index (χ3v) is 2.54. The van der Waals surface area contributed by atoms with E-state index in [9.17, 15) is 9.90 Å². The van der Waals surface area contributed by atoms with E-state index in [0.29, 0.717) is 13.2 Å². The molecule has 0 aliphatic heterocycles. The van der Waals surface area contributed by atoms with Crippen LogP contribution in [-0.2, 0) is 16.1 Å². The molecule has 1 amide bonds. The Hall–Kier alpha value is -1.43. The van der Waals surface area contributed by atoms with Crippen LogP contribution in [0.3, 0.4) is 0 Å². The molecule has 1 aromatic rings. The number of aliphatic hydroxyl groups excluding tert-OH is 1. The molecule has 1 atom stereocenters. The molecule has 5 nitrogen and oxygen atoms in total. The average molecular weight is 280 g/mol. The maximum atomic E-state index is 11.3. The molecule has 0 heterocycles. The van der Waals surface area contributed by atoms with Crippen LogP contribution in [0.25, 0.3) is 0 Å². The summed E-state index contributed by atoms with van der Waals surface area (Å²) in [6.07, 6.45) is -0.620. The number of hydrogen-bond acceptors (Lipinski definition) is 4. The van der Waals surface area contributed by atoms with Crippen molar-refractivity contribution in [2.75, 3.05) is 19.7 Å². The molecule has 0 aliphatic carbocycles. The first kappa shape index (κ1) is 16.6. The molecule has 5 heteroatoms. The summed E-state index contributed by atoms with van der Waals surface area (Å²) in [6, 6.07) is 9.92. The first-order valence-corrected chi connectivity index (χ1v) is 6.87. The Morgan fingerprint density at radius 3 is 2.65 bits per heavy atom. The van der Waals surface area contributed by atoms with E-state index < -0.39 is 6.10 Å². The molecule has 0 spiro atoms. The number of ether oxygens (including phenoxy) is 1. The molecule has 0 saturated carbocycles. The second-order valence-corrected chi connectivity index (χ2v) is 5.01. The third-order valence-electron chi connectivity index (χ3n) is 2.54. The summed E-state index contributed by atoms with van der Waals surface area (Å²) in [4.78, 5) is 11.3. The summed E-state index contributed by atoms with van der Waals surface area (Å²) < 4.78 is 5.41. The Morgan fingerprint density at radius 2 is 2.00 bits per heavy atom. The van der Waals surface area contributed by atoms with Crippen molar-refractivity contribution >= 4 is 5.91 Å². The van der Waals surface area contributed by atoms with Crippen molar-refractivity contribution in [1.29, 1.82) is 0 Å². The van der Waals surface area contributed by atoms with Gasteiger partial charge in [0.15, 0.2) is 0 Å². The molecule has 0 aliphatic rings. The van der Waals surface area contributed by atoms with Gasteiger partial charge in [-0.1, -0.05) is 30.3 Å². The highest BCUT2D eigenvalue weighted by Gasteiger charge is 2.06. The molecule has 20 heavy (non-hydrogen) atoms. The van der Waals surface area contributed by atoms with Gasteiger partial charge in [-0.2, -0.15) is 0 Å². The molecule has 0 bridgehead atoms. The highest BCUT2D eigenvalue weighted by molar-refractivity contribution is 5.78. The van der Waals surface area contributed by atoms with Gasteiger partial charge >= 0.3 is 0 Å². The molecule has 0 radical (unpaired) electrons. The molecule has 0 fully saturated rings. The second kappa shape index (κ2) is 9.47. The van der Waals surface area contributed by atoms with E-state index in [0.717, 1.165) is 5.56 Å². The number of aliphatic hydroxyl groups is 1. The molecular formula is C15H24N2O3. The fourth-order valence-corrected chi connectivity index (χ4v) is 1.67. The van der Waals surface area contributed by atoms with E-state index in [4.69, 9.17) is 4.74 Å². The normalized spacial score (nSPS) is 12.4. The van der Waals surface area contributed by atoms with Gasteiger partial charge in [-0.3, -0.25) is 4.79 Å². The van der Waals surface area contributed by atoms with E-state index in [2.05, 4.69) is 10.6 Å². The number of hydrogen-bond donors (Lipinski definition) is 3. The van der Waals surface area contributed by atoms with Gasteiger partial charge in [-0.25, -0.2) is 0 Å². The fraction of sp³-hybridized carbons (Fsp3) is 0.533. The SMILES string of the molecule is CC(C)NC(=O)CNCC(O)COCc1ccccc1. The summed E-state index contributed by atoms with van der Waals surface area (Å²) in [7, 11) is 0. The van der Waals surface area contributed by atoms with Crippen molar-refractivity contribution in [1.82, 2.24) is 10.6 Å². The number of nitrogens with one attached hydrogen (secondary N) is 2. The summed E-state index contributed by atoms with van der Waals surface area (Å²) in [5.41, 5.74) is 1.07. The Labute approximate surface area is 120 Å². The van der Waals surface area contributed by atoms with Crippen LogP contribution in [0.2, 0.25) is 0 Å². The second-order valence-electron chi connectivity index (χ2n) is 5.01. The number of rotatable bonds is 9. The van der Waals surface area contributed by atoms with Crippen LogP contribution < -0.4 is 10.6 Å². The third kappa shape index (κ3) is 7.89.